The van der Waals surface area contributed by atoms with Crippen LogP contribution in [0.3, 0.4) is 0 Å². The second kappa shape index (κ2) is 7.15. The first-order valence-electron chi connectivity index (χ1n) is 7.61. The Kier molecular flexibility index (Phi) is 4.77. The summed E-state index contributed by atoms with van der Waals surface area (Å²) in [4.78, 5) is 15.2. The minimum absolute atomic E-state index is 0.687. The van der Waals surface area contributed by atoms with Crippen LogP contribution in [0.5, 0.6) is 0 Å². The largest absolute Gasteiger partial charge is 0.378 e. The van der Waals surface area contributed by atoms with Crippen molar-refractivity contribution in [2.45, 2.75) is 13.8 Å². The van der Waals surface area contributed by atoms with E-state index in [0.717, 1.165) is 30.1 Å². The number of pyridine rings is 1. The van der Waals surface area contributed by atoms with E-state index in [0.29, 0.717) is 25.0 Å². The molecule has 1 N–H and O–H groups in total. The smallest absolute Gasteiger partial charge is 0.227 e. The van der Waals surface area contributed by atoms with Crippen molar-refractivity contribution in [3.05, 3.63) is 41.9 Å². The fourth-order valence-electron chi connectivity index (χ4n) is 2.31. The summed E-state index contributed by atoms with van der Waals surface area (Å²) in [5.74, 6) is 1.40. The van der Waals surface area contributed by atoms with Gasteiger partial charge in [-0.1, -0.05) is 0 Å². The van der Waals surface area contributed by atoms with E-state index < -0.39 is 0 Å². The van der Waals surface area contributed by atoms with Crippen molar-refractivity contribution in [3.8, 4) is 0 Å². The average Bonchev–Trinajstić information content (AvgIpc) is 2.61. The molecular formula is C16H20N6O. The van der Waals surface area contributed by atoms with Gasteiger partial charge in [-0.05, 0) is 26.0 Å². The van der Waals surface area contributed by atoms with Gasteiger partial charge in [-0.15, -0.1) is 0 Å². The summed E-state index contributed by atoms with van der Waals surface area (Å²) in [6.45, 7) is 6.93. The van der Waals surface area contributed by atoms with E-state index in [9.17, 15) is 0 Å². The highest BCUT2D eigenvalue weighted by molar-refractivity contribution is 5.98. The number of nitrogens with zero attached hydrogens (tertiary/aromatic N) is 5. The van der Waals surface area contributed by atoms with Crippen LogP contribution in [0.2, 0.25) is 0 Å². The van der Waals surface area contributed by atoms with E-state index >= 15 is 0 Å². The Morgan fingerprint density at radius 1 is 1.22 bits per heavy atom. The minimum Gasteiger partial charge on any atom is -0.378 e. The summed E-state index contributed by atoms with van der Waals surface area (Å²) in [5, 5.41) is 4.40. The molecule has 0 atom stereocenters. The van der Waals surface area contributed by atoms with Gasteiger partial charge in [0, 0.05) is 42.8 Å². The SMILES string of the molecule is C/C(=N/Nc1cc(C)nc(N2CCOCC2)n1)c1ccncc1. The third-order valence-electron chi connectivity index (χ3n) is 3.57. The number of hydrogen-bond donors (Lipinski definition) is 1. The molecule has 0 radical (unpaired) electrons. The number of nitrogens with one attached hydrogen (secondary N) is 1. The molecule has 1 saturated heterocycles. The second-order valence-corrected chi connectivity index (χ2v) is 5.34. The highest BCUT2D eigenvalue weighted by atomic mass is 16.5. The molecule has 0 aliphatic carbocycles. The molecular weight excluding hydrogens is 292 g/mol. The normalized spacial score (nSPS) is 15.6. The van der Waals surface area contributed by atoms with Gasteiger partial charge in [0.1, 0.15) is 0 Å². The highest BCUT2D eigenvalue weighted by Gasteiger charge is 2.14. The molecule has 7 heteroatoms. The fraction of sp³-hybridized carbons (Fsp3) is 0.375. The Hall–Kier alpha value is -2.54. The van der Waals surface area contributed by atoms with Crippen molar-refractivity contribution in [1.29, 1.82) is 0 Å². The predicted molar refractivity (Wildman–Crippen MR) is 89.9 cm³/mol. The van der Waals surface area contributed by atoms with Crippen molar-refractivity contribution in [2.75, 3.05) is 36.6 Å². The summed E-state index contributed by atoms with van der Waals surface area (Å²) >= 11 is 0. The number of aryl methyl sites for hydroxylation is 1. The lowest BCUT2D eigenvalue weighted by molar-refractivity contribution is 0.122. The molecule has 1 aliphatic heterocycles. The molecule has 0 bridgehead atoms. The lowest BCUT2D eigenvalue weighted by Crippen LogP contribution is -2.37. The topological polar surface area (TPSA) is 75.5 Å². The lowest BCUT2D eigenvalue weighted by atomic mass is 10.2. The monoisotopic (exact) mass is 312 g/mol. The van der Waals surface area contributed by atoms with Crippen LogP contribution in [-0.2, 0) is 4.74 Å². The van der Waals surface area contributed by atoms with Gasteiger partial charge in [-0.25, -0.2) is 4.98 Å². The summed E-state index contributed by atoms with van der Waals surface area (Å²) < 4.78 is 5.37. The molecule has 0 amide bonds. The molecule has 1 fully saturated rings. The van der Waals surface area contributed by atoms with Gasteiger partial charge in [0.05, 0.1) is 18.9 Å². The van der Waals surface area contributed by atoms with E-state index in [4.69, 9.17) is 4.74 Å². The Morgan fingerprint density at radius 2 is 1.96 bits per heavy atom. The number of anilines is 2. The van der Waals surface area contributed by atoms with Gasteiger partial charge in [0.2, 0.25) is 5.95 Å². The Bertz CT molecular complexity index is 682. The molecule has 3 heterocycles. The summed E-state index contributed by atoms with van der Waals surface area (Å²) in [6, 6.07) is 5.73. The molecule has 2 aromatic heterocycles. The van der Waals surface area contributed by atoms with Gasteiger partial charge in [0.25, 0.3) is 0 Å². The number of rotatable bonds is 4. The van der Waals surface area contributed by atoms with E-state index in [2.05, 4.69) is 30.4 Å². The van der Waals surface area contributed by atoms with Crippen LogP contribution in [0.15, 0.2) is 35.7 Å². The first-order chi connectivity index (χ1) is 11.2. The van der Waals surface area contributed by atoms with Gasteiger partial charge in [0.15, 0.2) is 5.82 Å². The predicted octanol–water partition coefficient (Wildman–Crippen LogP) is 1.85. The maximum atomic E-state index is 5.37. The van der Waals surface area contributed by atoms with Crippen molar-refractivity contribution in [1.82, 2.24) is 15.0 Å². The van der Waals surface area contributed by atoms with Crippen LogP contribution in [0.4, 0.5) is 11.8 Å². The average molecular weight is 312 g/mol. The number of morpholine rings is 1. The quantitative estimate of drug-likeness (QED) is 0.686. The minimum atomic E-state index is 0.687. The van der Waals surface area contributed by atoms with E-state index in [1.54, 1.807) is 12.4 Å². The molecule has 1 aliphatic rings. The van der Waals surface area contributed by atoms with Crippen molar-refractivity contribution in [2.24, 2.45) is 5.10 Å². The summed E-state index contributed by atoms with van der Waals surface area (Å²) in [5.41, 5.74) is 5.82. The first-order valence-corrected chi connectivity index (χ1v) is 7.61. The Labute approximate surface area is 135 Å². The molecule has 0 aromatic carbocycles. The fourth-order valence-corrected chi connectivity index (χ4v) is 2.31. The zero-order valence-electron chi connectivity index (χ0n) is 13.4. The van der Waals surface area contributed by atoms with Gasteiger partial charge in [-0.3, -0.25) is 10.4 Å². The Morgan fingerprint density at radius 3 is 2.70 bits per heavy atom. The molecule has 120 valence electrons. The molecule has 0 unspecified atom stereocenters. The van der Waals surface area contributed by atoms with Crippen LogP contribution in [-0.4, -0.2) is 47.0 Å². The zero-order chi connectivity index (χ0) is 16.1. The summed E-state index contributed by atoms with van der Waals surface area (Å²) in [6.07, 6.45) is 3.50. The van der Waals surface area contributed by atoms with Gasteiger partial charge < -0.3 is 9.64 Å². The maximum Gasteiger partial charge on any atom is 0.227 e. The van der Waals surface area contributed by atoms with E-state index in [1.165, 1.54) is 0 Å². The van der Waals surface area contributed by atoms with Crippen molar-refractivity contribution < 1.29 is 4.74 Å². The number of hydrogen-bond acceptors (Lipinski definition) is 7. The summed E-state index contributed by atoms with van der Waals surface area (Å²) in [7, 11) is 0. The number of ether oxygens (including phenoxy) is 1. The van der Waals surface area contributed by atoms with Crippen LogP contribution in [0.1, 0.15) is 18.2 Å². The van der Waals surface area contributed by atoms with Crippen LogP contribution in [0, 0.1) is 6.92 Å². The molecule has 23 heavy (non-hydrogen) atoms. The van der Waals surface area contributed by atoms with Gasteiger partial charge in [-0.2, -0.15) is 10.1 Å². The third kappa shape index (κ3) is 4.01. The van der Waals surface area contributed by atoms with Crippen LogP contribution in [0.25, 0.3) is 0 Å². The molecule has 0 saturated carbocycles. The highest BCUT2D eigenvalue weighted by Crippen LogP contribution is 2.15. The van der Waals surface area contributed by atoms with Crippen LogP contribution >= 0.6 is 0 Å². The number of aromatic nitrogens is 3. The van der Waals surface area contributed by atoms with Crippen molar-refractivity contribution in [3.63, 3.8) is 0 Å². The maximum absolute atomic E-state index is 5.37. The standard InChI is InChI=1S/C16H20N6O/c1-12-11-15(19-16(18-12)22-7-9-23-10-8-22)21-20-13(2)14-3-5-17-6-4-14/h3-6,11H,7-10H2,1-2H3,(H,18,19,21)/b20-13-. The van der Waals surface area contributed by atoms with Crippen molar-refractivity contribution >= 4 is 17.5 Å². The zero-order valence-corrected chi connectivity index (χ0v) is 13.4. The Balaban J connectivity index is 1.76. The molecule has 2 aromatic rings. The molecule has 0 spiro atoms. The third-order valence-corrected chi connectivity index (χ3v) is 3.57. The molecule has 3 rings (SSSR count). The van der Waals surface area contributed by atoms with Crippen LogP contribution < -0.4 is 10.3 Å². The first kappa shape index (κ1) is 15.4. The van der Waals surface area contributed by atoms with E-state index in [-0.39, 0.29) is 0 Å². The second-order valence-electron chi connectivity index (χ2n) is 5.34. The number of hydrazone groups is 1. The molecule has 7 nitrogen and oxygen atoms in total. The van der Waals surface area contributed by atoms with E-state index in [1.807, 2.05) is 32.0 Å². The van der Waals surface area contributed by atoms with Gasteiger partial charge >= 0.3 is 0 Å². The lowest BCUT2D eigenvalue weighted by Gasteiger charge is -2.27.